The Morgan fingerprint density at radius 1 is 1.35 bits per heavy atom. The summed E-state index contributed by atoms with van der Waals surface area (Å²) in [5.41, 5.74) is 0. The van der Waals surface area contributed by atoms with Gasteiger partial charge in [-0.15, -0.1) is 5.10 Å². The number of nitrogens with zero attached hydrogens (tertiary/aromatic N) is 5. The van der Waals surface area contributed by atoms with Crippen LogP contribution in [0.3, 0.4) is 0 Å². The van der Waals surface area contributed by atoms with Crippen LogP contribution in [0.2, 0.25) is 0 Å². The van der Waals surface area contributed by atoms with Gasteiger partial charge >= 0.3 is 12.1 Å². The van der Waals surface area contributed by atoms with Crippen molar-refractivity contribution in [2.24, 2.45) is 5.92 Å². The van der Waals surface area contributed by atoms with Crippen molar-refractivity contribution in [3.8, 4) is 11.6 Å². The summed E-state index contributed by atoms with van der Waals surface area (Å²) in [4.78, 5) is 19.9. The number of piperidine rings is 1. The molecule has 1 aliphatic rings. The molecule has 1 saturated heterocycles. The molecule has 0 aliphatic carbocycles. The highest BCUT2D eigenvalue weighted by Gasteiger charge is 2.38. The van der Waals surface area contributed by atoms with Crippen molar-refractivity contribution in [1.82, 2.24) is 35.3 Å². The molecule has 0 spiro atoms. The molecule has 0 radical (unpaired) electrons. The molecular weight excluding hydrogens is 355 g/mol. The summed E-state index contributed by atoms with van der Waals surface area (Å²) in [6.45, 7) is 5.77. The number of carboxylic acid groups (broad SMARTS) is 1. The lowest BCUT2D eigenvalue weighted by molar-refractivity contribution is -0.192. The van der Waals surface area contributed by atoms with Gasteiger partial charge < -0.3 is 10.0 Å². The fraction of sp³-hybridized carbons (Fsp3) is 0.643. The first kappa shape index (κ1) is 19.8. The molecule has 9 nitrogen and oxygen atoms in total. The van der Waals surface area contributed by atoms with Gasteiger partial charge in [0, 0.05) is 13.0 Å². The van der Waals surface area contributed by atoms with Crippen LogP contribution >= 0.6 is 0 Å². The number of aromatic amines is 2. The van der Waals surface area contributed by atoms with Crippen molar-refractivity contribution in [3.05, 3.63) is 12.2 Å². The Bertz CT molecular complexity index is 679. The van der Waals surface area contributed by atoms with Crippen LogP contribution in [0.4, 0.5) is 13.2 Å². The van der Waals surface area contributed by atoms with E-state index < -0.39 is 12.1 Å². The van der Waals surface area contributed by atoms with Crippen molar-refractivity contribution >= 4 is 5.97 Å². The molecule has 0 aromatic carbocycles. The molecule has 2 aromatic heterocycles. The molecule has 0 atom stereocenters. The van der Waals surface area contributed by atoms with Crippen LogP contribution in [-0.2, 0) is 11.2 Å². The predicted octanol–water partition coefficient (Wildman–Crippen LogP) is 1.50. The molecule has 3 rings (SSSR count). The number of carboxylic acids is 1. The molecule has 26 heavy (non-hydrogen) atoms. The molecule has 1 aliphatic heterocycles. The number of halogens is 3. The van der Waals surface area contributed by atoms with Gasteiger partial charge in [0.1, 0.15) is 12.2 Å². The number of alkyl halides is 3. The van der Waals surface area contributed by atoms with E-state index >= 15 is 0 Å². The van der Waals surface area contributed by atoms with Gasteiger partial charge in [0.2, 0.25) is 5.82 Å². The molecule has 1 fully saturated rings. The van der Waals surface area contributed by atoms with Gasteiger partial charge in [0.05, 0.1) is 0 Å². The van der Waals surface area contributed by atoms with Gasteiger partial charge in [-0.1, -0.05) is 6.92 Å². The number of carbonyl (C=O) groups is 1. The van der Waals surface area contributed by atoms with Crippen LogP contribution < -0.4 is 0 Å². The molecule has 2 aromatic rings. The zero-order valence-corrected chi connectivity index (χ0v) is 14.1. The normalized spacial score (nSPS) is 16.2. The fourth-order valence-electron chi connectivity index (χ4n) is 2.38. The molecule has 12 heteroatoms. The van der Waals surface area contributed by atoms with Crippen LogP contribution in [0.5, 0.6) is 0 Å². The number of aromatic nitrogens is 6. The van der Waals surface area contributed by atoms with Crippen molar-refractivity contribution in [2.45, 2.75) is 32.4 Å². The Morgan fingerprint density at radius 3 is 2.54 bits per heavy atom. The second-order valence-electron chi connectivity index (χ2n) is 6.02. The van der Waals surface area contributed by atoms with Gasteiger partial charge in [-0.2, -0.15) is 18.3 Å². The highest BCUT2D eigenvalue weighted by Crippen LogP contribution is 2.16. The maximum Gasteiger partial charge on any atom is 0.490 e. The highest BCUT2D eigenvalue weighted by molar-refractivity contribution is 5.73. The van der Waals surface area contributed by atoms with Gasteiger partial charge in [0.25, 0.3) is 0 Å². The summed E-state index contributed by atoms with van der Waals surface area (Å²) in [5, 5.41) is 20.8. The second kappa shape index (κ2) is 8.74. The standard InChI is InChI=1S/C12H19N7.C2HF3O2/c1-9-2-5-19(6-3-9)7-4-10-15-12(18-16-10)11-13-8-14-17-11;3-2(4,5)1(6)7/h8-9H,2-7H2,1H3,(H,13,14,17)(H,15,16,18);(H,6,7). The zero-order chi connectivity index (χ0) is 19.2. The Kier molecular flexibility index (Phi) is 6.66. The number of H-pyrrole nitrogens is 2. The Balaban J connectivity index is 0.000000298. The number of hydrogen-bond acceptors (Lipinski definition) is 6. The minimum Gasteiger partial charge on any atom is -0.475 e. The smallest absolute Gasteiger partial charge is 0.475 e. The Morgan fingerprint density at radius 2 is 2.00 bits per heavy atom. The van der Waals surface area contributed by atoms with E-state index in [4.69, 9.17) is 9.90 Å². The van der Waals surface area contributed by atoms with Crippen LogP contribution in [0, 0.1) is 5.92 Å². The van der Waals surface area contributed by atoms with Gasteiger partial charge in [0.15, 0.2) is 5.82 Å². The minimum atomic E-state index is -5.08. The molecular formula is C14H20F3N7O2. The first-order chi connectivity index (χ1) is 12.3. The summed E-state index contributed by atoms with van der Waals surface area (Å²) >= 11 is 0. The van der Waals surface area contributed by atoms with E-state index in [9.17, 15) is 13.2 Å². The predicted molar refractivity (Wildman–Crippen MR) is 84.0 cm³/mol. The van der Waals surface area contributed by atoms with E-state index in [0.717, 1.165) is 24.7 Å². The lowest BCUT2D eigenvalue weighted by atomic mass is 9.99. The summed E-state index contributed by atoms with van der Waals surface area (Å²) in [6.07, 6.45) is -0.116. The third kappa shape index (κ3) is 6.10. The lowest BCUT2D eigenvalue weighted by Crippen LogP contribution is -2.34. The van der Waals surface area contributed by atoms with Crippen LogP contribution in [0.15, 0.2) is 6.33 Å². The summed E-state index contributed by atoms with van der Waals surface area (Å²) in [7, 11) is 0. The zero-order valence-electron chi connectivity index (χ0n) is 14.1. The number of aliphatic carboxylic acids is 1. The average Bonchev–Trinajstić information content (AvgIpc) is 3.25. The topological polar surface area (TPSA) is 124 Å². The third-order valence-corrected chi connectivity index (χ3v) is 3.94. The number of hydrogen-bond donors (Lipinski definition) is 3. The van der Waals surface area contributed by atoms with E-state index in [0.29, 0.717) is 11.6 Å². The largest absolute Gasteiger partial charge is 0.490 e. The van der Waals surface area contributed by atoms with Gasteiger partial charge in [-0.3, -0.25) is 10.2 Å². The summed E-state index contributed by atoms with van der Waals surface area (Å²) in [6, 6.07) is 0. The highest BCUT2D eigenvalue weighted by atomic mass is 19.4. The summed E-state index contributed by atoms with van der Waals surface area (Å²) in [5.74, 6) is 0.214. The monoisotopic (exact) mass is 375 g/mol. The maximum absolute atomic E-state index is 10.6. The molecule has 0 amide bonds. The molecule has 0 bridgehead atoms. The van der Waals surface area contributed by atoms with Gasteiger partial charge in [-0.25, -0.2) is 14.8 Å². The molecule has 0 unspecified atom stereocenters. The maximum atomic E-state index is 10.6. The Labute approximate surface area is 147 Å². The lowest BCUT2D eigenvalue weighted by Gasteiger charge is -2.29. The van der Waals surface area contributed by atoms with Crippen LogP contribution in [0.1, 0.15) is 25.6 Å². The van der Waals surface area contributed by atoms with Crippen molar-refractivity contribution in [2.75, 3.05) is 19.6 Å². The van der Waals surface area contributed by atoms with Crippen LogP contribution in [-0.4, -0.2) is 72.1 Å². The second-order valence-corrected chi connectivity index (χ2v) is 6.02. The Hall–Kier alpha value is -2.50. The van der Waals surface area contributed by atoms with Crippen molar-refractivity contribution in [3.63, 3.8) is 0 Å². The minimum absolute atomic E-state index is 0.583. The number of likely N-dealkylation sites (tertiary alicyclic amines) is 1. The van der Waals surface area contributed by atoms with Crippen molar-refractivity contribution in [1.29, 1.82) is 0 Å². The third-order valence-electron chi connectivity index (χ3n) is 3.94. The molecule has 144 valence electrons. The average molecular weight is 375 g/mol. The summed E-state index contributed by atoms with van der Waals surface area (Å²) < 4.78 is 31.7. The number of rotatable bonds is 4. The van der Waals surface area contributed by atoms with Crippen molar-refractivity contribution < 1.29 is 23.1 Å². The molecule has 0 saturated carbocycles. The molecule has 3 N–H and O–H groups in total. The van der Waals surface area contributed by atoms with Crippen LogP contribution in [0.25, 0.3) is 11.6 Å². The SMILES string of the molecule is CC1CCN(CCc2nc(-c3ncn[nH]3)n[nH]2)CC1.O=C(O)C(F)(F)F. The van der Waals surface area contributed by atoms with Gasteiger partial charge in [-0.05, 0) is 31.8 Å². The van der Waals surface area contributed by atoms with E-state index in [1.165, 1.54) is 32.3 Å². The number of nitrogens with one attached hydrogen (secondary N) is 2. The fourth-order valence-corrected chi connectivity index (χ4v) is 2.38. The first-order valence-electron chi connectivity index (χ1n) is 8.05. The van der Waals surface area contributed by atoms with E-state index in [-0.39, 0.29) is 0 Å². The van der Waals surface area contributed by atoms with E-state index in [1.807, 2.05) is 0 Å². The van der Waals surface area contributed by atoms with E-state index in [2.05, 4.69) is 42.2 Å². The molecule has 3 heterocycles. The first-order valence-corrected chi connectivity index (χ1v) is 8.05. The van der Waals surface area contributed by atoms with E-state index in [1.54, 1.807) is 0 Å². The quantitative estimate of drug-likeness (QED) is 0.740.